The summed E-state index contributed by atoms with van der Waals surface area (Å²) in [6.45, 7) is 1.43. The molecule has 6 nitrogen and oxygen atoms in total. The maximum atomic E-state index is 9.93. The SMILES string of the molecule is COc1ccc(CCNCc2cc(OC)c(O)c(OC)c2)cc1OC. The van der Waals surface area contributed by atoms with E-state index in [1.807, 2.05) is 18.2 Å². The minimum atomic E-state index is 0.0130. The maximum Gasteiger partial charge on any atom is 0.200 e. The molecule has 136 valence electrons. The van der Waals surface area contributed by atoms with Gasteiger partial charge in [-0.3, -0.25) is 0 Å². The Bertz CT molecular complexity index is 677. The molecule has 2 rings (SSSR count). The Morgan fingerprint density at radius 3 is 1.88 bits per heavy atom. The fraction of sp³-hybridized carbons (Fsp3) is 0.368. The first kappa shape index (κ1) is 18.7. The lowest BCUT2D eigenvalue weighted by Crippen LogP contribution is -2.16. The van der Waals surface area contributed by atoms with Gasteiger partial charge in [-0.1, -0.05) is 6.07 Å². The van der Waals surface area contributed by atoms with Crippen LogP contribution in [0.5, 0.6) is 28.7 Å². The third-order valence-electron chi connectivity index (χ3n) is 3.91. The lowest BCUT2D eigenvalue weighted by atomic mass is 10.1. The van der Waals surface area contributed by atoms with Gasteiger partial charge in [0.05, 0.1) is 28.4 Å². The van der Waals surface area contributed by atoms with Crippen molar-refractivity contribution in [2.45, 2.75) is 13.0 Å². The predicted octanol–water partition coefficient (Wildman–Crippen LogP) is 2.76. The van der Waals surface area contributed by atoms with Crippen molar-refractivity contribution in [2.75, 3.05) is 35.0 Å². The second-order valence-electron chi connectivity index (χ2n) is 5.47. The van der Waals surface area contributed by atoms with Gasteiger partial charge in [0.2, 0.25) is 5.75 Å². The summed E-state index contributed by atoms with van der Waals surface area (Å²) >= 11 is 0. The van der Waals surface area contributed by atoms with Crippen LogP contribution in [-0.4, -0.2) is 40.1 Å². The standard InChI is InChI=1S/C19H25NO5/c1-22-15-6-5-13(9-16(15)23-2)7-8-20-12-14-10-17(24-3)19(21)18(11-14)25-4/h5-6,9-11,20-21H,7-8,12H2,1-4H3. The van der Waals surface area contributed by atoms with Gasteiger partial charge < -0.3 is 29.4 Å². The summed E-state index contributed by atoms with van der Waals surface area (Å²) in [5.74, 6) is 2.27. The van der Waals surface area contributed by atoms with Crippen molar-refractivity contribution < 1.29 is 24.1 Å². The van der Waals surface area contributed by atoms with E-state index in [4.69, 9.17) is 18.9 Å². The summed E-state index contributed by atoms with van der Waals surface area (Å²) in [6.07, 6.45) is 0.854. The number of rotatable bonds is 9. The van der Waals surface area contributed by atoms with Gasteiger partial charge in [0.15, 0.2) is 23.0 Å². The molecule has 0 bridgehead atoms. The van der Waals surface area contributed by atoms with E-state index in [1.165, 1.54) is 14.2 Å². The normalized spacial score (nSPS) is 10.4. The molecule has 0 fully saturated rings. The number of aromatic hydroxyl groups is 1. The number of benzene rings is 2. The molecular weight excluding hydrogens is 322 g/mol. The number of ether oxygens (including phenoxy) is 4. The second kappa shape index (κ2) is 9.03. The highest BCUT2D eigenvalue weighted by Gasteiger charge is 2.11. The lowest BCUT2D eigenvalue weighted by Gasteiger charge is -2.12. The molecule has 0 atom stereocenters. The second-order valence-corrected chi connectivity index (χ2v) is 5.47. The number of hydrogen-bond acceptors (Lipinski definition) is 6. The van der Waals surface area contributed by atoms with Gasteiger partial charge >= 0.3 is 0 Å². The number of phenolic OH excluding ortho intramolecular Hbond substituents is 1. The van der Waals surface area contributed by atoms with Crippen LogP contribution in [0.2, 0.25) is 0 Å². The van der Waals surface area contributed by atoms with Gasteiger partial charge in [-0.05, 0) is 48.4 Å². The monoisotopic (exact) mass is 347 g/mol. The van der Waals surface area contributed by atoms with Crippen LogP contribution >= 0.6 is 0 Å². The molecule has 0 aliphatic rings. The van der Waals surface area contributed by atoms with Crippen LogP contribution in [0.25, 0.3) is 0 Å². The molecule has 2 N–H and O–H groups in total. The Kier molecular flexibility index (Phi) is 6.77. The Morgan fingerprint density at radius 2 is 1.32 bits per heavy atom. The molecule has 0 aromatic heterocycles. The smallest absolute Gasteiger partial charge is 0.200 e. The predicted molar refractivity (Wildman–Crippen MR) is 96.2 cm³/mol. The summed E-state index contributed by atoms with van der Waals surface area (Å²) in [7, 11) is 6.29. The third-order valence-corrected chi connectivity index (χ3v) is 3.91. The molecule has 0 saturated heterocycles. The van der Waals surface area contributed by atoms with Crippen LogP contribution in [-0.2, 0) is 13.0 Å². The molecule has 25 heavy (non-hydrogen) atoms. The zero-order valence-corrected chi connectivity index (χ0v) is 15.1. The Balaban J connectivity index is 1.93. The summed E-state index contributed by atoms with van der Waals surface area (Å²) in [4.78, 5) is 0. The minimum Gasteiger partial charge on any atom is -0.502 e. The Hall–Kier alpha value is -2.60. The summed E-state index contributed by atoms with van der Waals surface area (Å²) in [5, 5.41) is 13.3. The molecule has 0 spiro atoms. The van der Waals surface area contributed by atoms with Gasteiger partial charge in [-0.25, -0.2) is 0 Å². The van der Waals surface area contributed by atoms with Crippen LogP contribution in [0.15, 0.2) is 30.3 Å². The fourth-order valence-electron chi connectivity index (χ4n) is 2.55. The Morgan fingerprint density at radius 1 is 0.760 bits per heavy atom. The molecule has 0 unspecified atom stereocenters. The van der Waals surface area contributed by atoms with E-state index in [-0.39, 0.29) is 5.75 Å². The van der Waals surface area contributed by atoms with Crippen molar-refractivity contribution in [3.05, 3.63) is 41.5 Å². The molecular formula is C19H25NO5. The van der Waals surface area contributed by atoms with E-state index < -0.39 is 0 Å². The molecule has 2 aromatic rings. The van der Waals surface area contributed by atoms with Gasteiger partial charge in [0, 0.05) is 6.54 Å². The van der Waals surface area contributed by atoms with Gasteiger partial charge in [0.1, 0.15) is 0 Å². The number of phenols is 1. The van der Waals surface area contributed by atoms with Crippen molar-refractivity contribution in [3.8, 4) is 28.7 Å². The first-order valence-corrected chi connectivity index (χ1v) is 7.98. The zero-order valence-electron chi connectivity index (χ0n) is 15.1. The van der Waals surface area contributed by atoms with Crippen molar-refractivity contribution in [1.29, 1.82) is 0 Å². The molecule has 0 aliphatic heterocycles. The third kappa shape index (κ3) is 4.70. The number of nitrogens with one attached hydrogen (secondary N) is 1. The zero-order chi connectivity index (χ0) is 18.2. The van der Waals surface area contributed by atoms with E-state index in [1.54, 1.807) is 26.4 Å². The average molecular weight is 347 g/mol. The van der Waals surface area contributed by atoms with Crippen LogP contribution < -0.4 is 24.3 Å². The van der Waals surface area contributed by atoms with Crippen molar-refractivity contribution in [1.82, 2.24) is 5.32 Å². The first-order valence-electron chi connectivity index (χ1n) is 7.98. The summed E-state index contributed by atoms with van der Waals surface area (Å²) in [5.41, 5.74) is 2.13. The van der Waals surface area contributed by atoms with Gasteiger partial charge in [0.25, 0.3) is 0 Å². The highest BCUT2D eigenvalue weighted by molar-refractivity contribution is 5.52. The van der Waals surface area contributed by atoms with Crippen LogP contribution in [0.3, 0.4) is 0 Å². The number of methoxy groups -OCH3 is 4. The van der Waals surface area contributed by atoms with Crippen molar-refractivity contribution in [2.24, 2.45) is 0 Å². The van der Waals surface area contributed by atoms with Gasteiger partial charge in [-0.15, -0.1) is 0 Å². The highest BCUT2D eigenvalue weighted by Crippen LogP contribution is 2.37. The van der Waals surface area contributed by atoms with Gasteiger partial charge in [-0.2, -0.15) is 0 Å². The van der Waals surface area contributed by atoms with E-state index in [2.05, 4.69) is 5.32 Å². The van der Waals surface area contributed by atoms with E-state index in [0.717, 1.165) is 35.6 Å². The van der Waals surface area contributed by atoms with E-state index >= 15 is 0 Å². The quantitative estimate of drug-likeness (QED) is 0.680. The summed E-state index contributed by atoms with van der Waals surface area (Å²) in [6, 6.07) is 9.50. The topological polar surface area (TPSA) is 69.2 Å². The van der Waals surface area contributed by atoms with Crippen LogP contribution in [0.4, 0.5) is 0 Å². The number of hydrogen-bond donors (Lipinski definition) is 2. The van der Waals surface area contributed by atoms with E-state index in [9.17, 15) is 5.11 Å². The molecule has 0 radical (unpaired) electrons. The minimum absolute atomic E-state index is 0.0130. The summed E-state index contributed by atoms with van der Waals surface area (Å²) < 4.78 is 20.9. The fourth-order valence-corrected chi connectivity index (χ4v) is 2.55. The average Bonchev–Trinajstić information content (AvgIpc) is 2.65. The molecule has 0 heterocycles. The Labute approximate surface area is 148 Å². The van der Waals surface area contributed by atoms with Crippen LogP contribution in [0.1, 0.15) is 11.1 Å². The van der Waals surface area contributed by atoms with Crippen LogP contribution in [0, 0.1) is 0 Å². The van der Waals surface area contributed by atoms with Crippen molar-refractivity contribution >= 4 is 0 Å². The van der Waals surface area contributed by atoms with E-state index in [0.29, 0.717) is 18.0 Å². The largest absolute Gasteiger partial charge is 0.502 e. The molecule has 0 saturated carbocycles. The molecule has 6 heteroatoms. The molecule has 0 aliphatic carbocycles. The lowest BCUT2D eigenvalue weighted by molar-refractivity contribution is 0.339. The first-order chi connectivity index (χ1) is 12.1. The highest BCUT2D eigenvalue weighted by atomic mass is 16.5. The van der Waals surface area contributed by atoms with Crippen molar-refractivity contribution in [3.63, 3.8) is 0 Å². The molecule has 2 aromatic carbocycles. The molecule has 0 amide bonds. The maximum absolute atomic E-state index is 9.93.